The Bertz CT molecular complexity index is 1670. The molecule has 2 heterocycles. The molecule has 204 valence electrons. The first-order valence-corrected chi connectivity index (χ1v) is 13.0. The highest BCUT2D eigenvalue weighted by Gasteiger charge is 2.31. The van der Waals surface area contributed by atoms with Crippen LogP contribution in [-0.2, 0) is 16.2 Å². The van der Waals surface area contributed by atoms with Gasteiger partial charge in [0.25, 0.3) is 15.9 Å². The van der Waals surface area contributed by atoms with Gasteiger partial charge in [-0.05, 0) is 68.3 Å². The van der Waals surface area contributed by atoms with Crippen molar-refractivity contribution in [2.45, 2.75) is 32.0 Å². The summed E-state index contributed by atoms with van der Waals surface area (Å²) in [6.07, 6.45) is -4.57. The lowest BCUT2D eigenvalue weighted by atomic mass is 10.1. The molecule has 2 aromatic heterocycles. The van der Waals surface area contributed by atoms with E-state index in [4.69, 9.17) is 10.5 Å². The summed E-state index contributed by atoms with van der Waals surface area (Å²) >= 11 is 0. The third-order valence-corrected chi connectivity index (χ3v) is 6.87. The number of nitrogen functional groups attached to an aromatic ring is 1. The number of nitrogens with one attached hydrogen (secondary N) is 1. The van der Waals surface area contributed by atoms with Crippen LogP contribution in [0.4, 0.5) is 19.0 Å². The smallest absolute Gasteiger partial charge is 0.416 e. The van der Waals surface area contributed by atoms with Crippen molar-refractivity contribution in [3.63, 3.8) is 0 Å². The van der Waals surface area contributed by atoms with Crippen molar-refractivity contribution in [1.82, 2.24) is 14.7 Å². The van der Waals surface area contributed by atoms with Crippen molar-refractivity contribution in [2.75, 3.05) is 5.73 Å². The van der Waals surface area contributed by atoms with Crippen molar-refractivity contribution < 1.29 is 32.5 Å². The van der Waals surface area contributed by atoms with E-state index in [-0.39, 0.29) is 29.9 Å². The normalized spacial score (nSPS) is 11.7. The topological polar surface area (TPSA) is 124 Å². The molecule has 0 bridgehead atoms. The molecule has 0 atom stereocenters. The Morgan fingerprint density at radius 2 is 1.62 bits per heavy atom. The molecule has 2 aromatic carbocycles. The van der Waals surface area contributed by atoms with Crippen molar-refractivity contribution in [2.24, 2.45) is 0 Å². The van der Waals surface area contributed by atoms with Crippen molar-refractivity contribution >= 4 is 21.7 Å². The largest absolute Gasteiger partial charge is 0.438 e. The first-order chi connectivity index (χ1) is 18.2. The minimum absolute atomic E-state index is 0. The molecule has 0 aliphatic carbocycles. The number of halogens is 3. The zero-order valence-corrected chi connectivity index (χ0v) is 21.8. The van der Waals surface area contributed by atoms with Gasteiger partial charge in [0.2, 0.25) is 5.88 Å². The van der Waals surface area contributed by atoms with Gasteiger partial charge in [0.05, 0.1) is 11.3 Å². The van der Waals surface area contributed by atoms with E-state index >= 15 is 0 Å². The molecular weight excluding hydrogens is 533 g/mol. The molecule has 39 heavy (non-hydrogen) atoms. The van der Waals surface area contributed by atoms with Crippen LogP contribution < -0.4 is 15.2 Å². The van der Waals surface area contributed by atoms with Crippen LogP contribution in [0.1, 0.15) is 34.0 Å². The van der Waals surface area contributed by atoms with Crippen molar-refractivity contribution in [3.8, 4) is 22.9 Å². The van der Waals surface area contributed by atoms with Gasteiger partial charge in [-0.3, -0.25) is 4.79 Å². The Hall–Kier alpha value is -4.45. The lowest BCUT2D eigenvalue weighted by Gasteiger charge is -2.16. The molecule has 3 N–H and O–H groups in total. The number of sulfonamides is 1. The fourth-order valence-corrected chi connectivity index (χ4v) is 4.88. The highest BCUT2D eigenvalue weighted by molar-refractivity contribution is 7.90. The molecule has 0 fully saturated rings. The monoisotopic (exact) mass is 558 g/mol. The number of hydrogen-bond acceptors (Lipinski definition) is 7. The molecule has 12 heteroatoms. The molecule has 0 saturated heterocycles. The summed E-state index contributed by atoms with van der Waals surface area (Å²) in [6, 6.07) is 14.6. The Morgan fingerprint density at radius 3 is 2.26 bits per heavy atom. The van der Waals surface area contributed by atoms with Gasteiger partial charge >= 0.3 is 6.18 Å². The summed E-state index contributed by atoms with van der Waals surface area (Å²) in [7, 11) is -4.42. The highest BCUT2D eigenvalue weighted by Crippen LogP contribution is 2.35. The van der Waals surface area contributed by atoms with Gasteiger partial charge < -0.3 is 10.5 Å². The van der Waals surface area contributed by atoms with Crippen molar-refractivity contribution in [1.29, 1.82) is 0 Å². The molecule has 0 saturated carbocycles. The standard InChI is InChI=1S/C27H23F3N4O4S.H2/c1-15-12-16(2)24(17(3)13-15)38-26-20(25(35)34-39(36,37)23-9-5-8-22(31)33-23)10-11-21(32-26)18-6-4-7-19(14-18)27(28,29)30;/h4-14H,1-3H3,(H2,31,33)(H,34,35);1H. The summed E-state index contributed by atoms with van der Waals surface area (Å²) in [6.45, 7) is 5.45. The maximum atomic E-state index is 13.3. The zero-order chi connectivity index (χ0) is 28.5. The molecule has 0 unspecified atom stereocenters. The number of pyridine rings is 2. The summed E-state index contributed by atoms with van der Waals surface area (Å²) in [5.41, 5.74) is 7.00. The second-order valence-electron chi connectivity index (χ2n) is 8.79. The number of ether oxygens (including phenoxy) is 1. The zero-order valence-electron chi connectivity index (χ0n) is 21.0. The second-order valence-corrected chi connectivity index (χ2v) is 10.4. The predicted molar refractivity (Wildman–Crippen MR) is 141 cm³/mol. The van der Waals surface area contributed by atoms with Crippen LogP contribution in [-0.4, -0.2) is 24.3 Å². The number of carbonyl (C=O) groups is 1. The number of hydrogen-bond donors (Lipinski definition) is 2. The van der Waals surface area contributed by atoms with Gasteiger partial charge in [-0.1, -0.05) is 35.9 Å². The lowest BCUT2D eigenvalue weighted by Crippen LogP contribution is -2.31. The molecule has 1 amide bonds. The number of aromatic nitrogens is 2. The quantitative estimate of drug-likeness (QED) is 0.305. The van der Waals surface area contributed by atoms with Crippen molar-refractivity contribution in [3.05, 3.63) is 94.5 Å². The van der Waals surface area contributed by atoms with Crippen LogP contribution in [0.2, 0.25) is 0 Å². The number of anilines is 1. The van der Waals surface area contributed by atoms with E-state index in [0.717, 1.165) is 23.8 Å². The molecule has 4 aromatic rings. The van der Waals surface area contributed by atoms with Gasteiger partial charge in [-0.2, -0.15) is 21.6 Å². The summed E-state index contributed by atoms with van der Waals surface area (Å²) < 4.78 is 73.4. The summed E-state index contributed by atoms with van der Waals surface area (Å²) in [5, 5.41) is -0.475. The fraction of sp³-hybridized carbons (Fsp3) is 0.148. The molecule has 4 rings (SSSR count). The minimum Gasteiger partial charge on any atom is -0.438 e. The molecule has 8 nitrogen and oxygen atoms in total. The van der Waals surface area contributed by atoms with Gasteiger partial charge in [-0.15, -0.1) is 0 Å². The number of aryl methyl sites for hydroxylation is 3. The maximum absolute atomic E-state index is 13.3. The number of nitrogens with two attached hydrogens (primary N) is 1. The van der Waals surface area contributed by atoms with E-state index in [1.54, 1.807) is 13.8 Å². The van der Waals surface area contributed by atoms with E-state index in [1.807, 2.05) is 23.8 Å². The van der Waals surface area contributed by atoms with Crippen LogP contribution in [0.25, 0.3) is 11.3 Å². The number of nitrogens with zero attached hydrogens (tertiary/aromatic N) is 2. The first kappa shape index (κ1) is 27.6. The van der Waals surface area contributed by atoms with Gasteiger partial charge in [-0.25, -0.2) is 14.7 Å². The average molecular weight is 559 g/mol. The van der Waals surface area contributed by atoms with E-state index in [2.05, 4.69) is 9.97 Å². The predicted octanol–water partition coefficient (Wildman–Crippen LogP) is 5.83. The number of benzene rings is 2. The Kier molecular flexibility index (Phi) is 7.33. The number of alkyl halides is 3. The Labute approximate surface area is 224 Å². The van der Waals surface area contributed by atoms with E-state index < -0.39 is 32.7 Å². The van der Waals surface area contributed by atoms with Gasteiger partial charge in [0, 0.05) is 6.99 Å². The maximum Gasteiger partial charge on any atom is 0.416 e. The Balaban J connectivity index is 0.00000441. The number of rotatable bonds is 6. The molecule has 0 aliphatic rings. The van der Waals surface area contributed by atoms with E-state index in [9.17, 15) is 26.4 Å². The van der Waals surface area contributed by atoms with E-state index in [0.29, 0.717) is 16.9 Å². The molecule has 0 spiro atoms. The number of carbonyl (C=O) groups excluding carboxylic acids is 1. The fourth-order valence-electron chi connectivity index (χ4n) is 3.94. The first-order valence-electron chi connectivity index (χ1n) is 11.5. The van der Waals surface area contributed by atoms with Crippen LogP contribution in [0.3, 0.4) is 0 Å². The van der Waals surface area contributed by atoms with E-state index in [1.165, 1.54) is 36.4 Å². The van der Waals surface area contributed by atoms with Crippen LogP contribution >= 0.6 is 0 Å². The highest BCUT2D eigenvalue weighted by atomic mass is 32.2. The third-order valence-electron chi connectivity index (χ3n) is 5.64. The summed E-state index contributed by atoms with van der Waals surface area (Å²) in [4.78, 5) is 21.2. The van der Waals surface area contributed by atoms with Crippen LogP contribution in [0.5, 0.6) is 11.6 Å². The molecule has 0 radical (unpaired) electrons. The third kappa shape index (κ3) is 6.17. The van der Waals surface area contributed by atoms with Gasteiger partial charge in [0.15, 0.2) is 5.03 Å². The van der Waals surface area contributed by atoms with Crippen LogP contribution in [0, 0.1) is 20.8 Å². The van der Waals surface area contributed by atoms with Crippen LogP contribution in [0.15, 0.2) is 71.8 Å². The summed E-state index contributed by atoms with van der Waals surface area (Å²) in [5.74, 6) is -1.08. The second kappa shape index (κ2) is 10.4. The lowest BCUT2D eigenvalue weighted by molar-refractivity contribution is -0.137. The number of amides is 1. The Morgan fingerprint density at radius 1 is 0.949 bits per heavy atom. The minimum atomic E-state index is -4.57. The SMILES string of the molecule is Cc1cc(C)c(Oc2nc(-c3cccc(C(F)(F)F)c3)ccc2C(=O)NS(=O)(=O)c2cccc(N)n2)c(C)c1.[HH]. The average Bonchev–Trinajstić information content (AvgIpc) is 2.85. The van der Waals surface area contributed by atoms with Gasteiger partial charge in [0.1, 0.15) is 17.1 Å². The molecule has 0 aliphatic heterocycles. The molecular formula is C27H25F3N4O4S.